The van der Waals surface area contributed by atoms with Crippen molar-refractivity contribution in [3.63, 3.8) is 0 Å². The number of hydrogen-bond acceptors (Lipinski definition) is 2. The summed E-state index contributed by atoms with van der Waals surface area (Å²) in [6, 6.07) is 2.43. The summed E-state index contributed by atoms with van der Waals surface area (Å²) in [6.07, 6.45) is 2.25. The van der Waals surface area contributed by atoms with Crippen LogP contribution in [0.25, 0.3) is 0 Å². The molecule has 0 spiro atoms. The van der Waals surface area contributed by atoms with Gasteiger partial charge in [-0.3, -0.25) is 0 Å². The van der Waals surface area contributed by atoms with Crippen LogP contribution in [0.1, 0.15) is 19.3 Å². The van der Waals surface area contributed by atoms with E-state index in [1.807, 2.05) is 0 Å². The van der Waals surface area contributed by atoms with Gasteiger partial charge in [-0.15, -0.1) is 11.6 Å². The number of nitrogens with zero attached hydrogens (tertiary/aromatic N) is 1. The smallest absolute Gasteiger partial charge is 0.207 e. The first-order valence-electron chi connectivity index (χ1n) is 5.87. The number of unbranched alkanes of at least 4 members (excludes halogenated alkanes) is 2. The van der Waals surface area contributed by atoms with E-state index in [4.69, 9.17) is 11.6 Å². The van der Waals surface area contributed by atoms with E-state index in [9.17, 15) is 17.2 Å². The van der Waals surface area contributed by atoms with E-state index < -0.39 is 26.6 Å². The molecular formula is C12H16ClF2NO2S. The maximum absolute atomic E-state index is 13.5. The van der Waals surface area contributed by atoms with Crippen LogP contribution < -0.4 is 0 Å². The molecule has 0 saturated heterocycles. The highest BCUT2D eigenvalue weighted by atomic mass is 35.5. The first-order chi connectivity index (χ1) is 8.89. The van der Waals surface area contributed by atoms with Crippen LogP contribution >= 0.6 is 11.6 Å². The Labute approximate surface area is 117 Å². The van der Waals surface area contributed by atoms with Gasteiger partial charge in [-0.05, 0) is 25.0 Å². The first-order valence-corrected chi connectivity index (χ1v) is 7.84. The molecular weight excluding hydrogens is 296 g/mol. The first kappa shape index (κ1) is 16.3. The van der Waals surface area contributed by atoms with Crippen molar-refractivity contribution in [2.75, 3.05) is 19.5 Å². The summed E-state index contributed by atoms with van der Waals surface area (Å²) in [5.41, 5.74) is 0. The van der Waals surface area contributed by atoms with Crippen molar-refractivity contribution in [2.45, 2.75) is 24.2 Å². The number of rotatable bonds is 7. The maximum atomic E-state index is 13.5. The van der Waals surface area contributed by atoms with Gasteiger partial charge in [0, 0.05) is 25.5 Å². The lowest BCUT2D eigenvalue weighted by Crippen LogP contribution is -2.28. The van der Waals surface area contributed by atoms with Crippen LogP contribution in [0.3, 0.4) is 0 Å². The number of benzene rings is 1. The number of halogens is 3. The van der Waals surface area contributed by atoms with Gasteiger partial charge in [0.25, 0.3) is 0 Å². The zero-order chi connectivity index (χ0) is 14.5. The Balaban J connectivity index is 2.79. The summed E-state index contributed by atoms with van der Waals surface area (Å²) < 4.78 is 51.4. The predicted octanol–water partition coefficient (Wildman–Crippen LogP) is 2.99. The molecule has 0 N–H and O–H groups in total. The third kappa shape index (κ3) is 4.40. The molecule has 0 aromatic heterocycles. The molecule has 0 bridgehead atoms. The predicted molar refractivity (Wildman–Crippen MR) is 70.7 cm³/mol. The van der Waals surface area contributed by atoms with Crippen LogP contribution in [0.5, 0.6) is 0 Å². The lowest BCUT2D eigenvalue weighted by molar-refractivity contribution is 0.448. The summed E-state index contributed by atoms with van der Waals surface area (Å²) in [7, 11) is -2.54. The number of hydrogen-bond donors (Lipinski definition) is 0. The van der Waals surface area contributed by atoms with E-state index in [0.717, 1.165) is 29.3 Å². The zero-order valence-corrected chi connectivity index (χ0v) is 12.1. The van der Waals surface area contributed by atoms with Crippen LogP contribution in [0.4, 0.5) is 8.78 Å². The van der Waals surface area contributed by atoms with Gasteiger partial charge in [0.05, 0.1) is 0 Å². The second-order valence-electron chi connectivity index (χ2n) is 4.15. The minimum atomic E-state index is -3.91. The zero-order valence-electron chi connectivity index (χ0n) is 10.6. The van der Waals surface area contributed by atoms with Crippen LogP contribution in [0.2, 0.25) is 0 Å². The van der Waals surface area contributed by atoms with Crippen molar-refractivity contribution in [2.24, 2.45) is 0 Å². The van der Waals surface area contributed by atoms with Crippen molar-refractivity contribution < 1.29 is 17.2 Å². The monoisotopic (exact) mass is 311 g/mol. The van der Waals surface area contributed by atoms with Crippen LogP contribution in [-0.2, 0) is 10.0 Å². The van der Waals surface area contributed by atoms with E-state index in [2.05, 4.69) is 0 Å². The van der Waals surface area contributed by atoms with E-state index in [1.165, 1.54) is 7.05 Å². The van der Waals surface area contributed by atoms with Crippen molar-refractivity contribution >= 4 is 21.6 Å². The average Bonchev–Trinajstić information content (AvgIpc) is 2.33. The van der Waals surface area contributed by atoms with Gasteiger partial charge in [0.15, 0.2) is 0 Å². The van der Waals surface area contributed by atoms with Gasteiger partial charge in [0.2, 0.25) is 10.0 Å². The average molecular weight is 312 g/mol. The molecule has 0 unspecified atom stereocenters. The van der Waals surface area contributed by atoms with Gasteiger partial charge in [-0.2, -0.15) is 0 Å². The third-order valence-corrected chi connectivity index (χ3v) is 4.85. The summed E-state index contributed by atoms with van der Waals surface area (Å²) in [5.74, 6) is -1.35. The number of alkyl halides is 1. The topological polar surface area (TPSA) is 37.4 Å². The molecule has 0 aliphatic carbocycles. The lowest BCUT2D eigenvalue weighted by atomic mass is 10.2. The van der Waals surface area contributed by atoms with Crippen molar-refractivity contribution in [3.8, 4) is 0 Å². The number of sulfonamides is 1. The molecule has 1 aromatic carbocycles. The van der Waals surface area contributed by atoms with Crippen molar-refractivity contribution in [3.05, 3.63) is 29.8 Å². The molecule has 0 heterocycles. The van der Waals surface area contributed by atoms with E-state index >= 15 is 0 Å². The molecule has 7 heteroatoms. The molecule has 0 aliphatic heterocycles. The lowest BCUT2D eigenvalue weighted by Gasteiger charge is -2.17. The Morgan fingerprint density at radius 2 is 1.89 bits per heavy atom. The minimum Gasteiger partial charge on any atom is -0.207 e. The Bertz CT molecular complexity index is 522. The minimum absolute atomic E-state index is 0.274. The molecule has 19 heavy (non-hydrogen) atoms. The fourth-order valence-electron chi connectivity index (χ4n) is 1.58. The molecule has 3 nitrogen and oxygen atoms in total. The normalized spacial score (nSPS) is 12.1. The van der Waals surface area contributed by atoms with Gasteiger partial charge in [-0.1, -0.05) is 6.42 Å². The van der Waals surface area contributed by atoms with E-state index in [0.29, 0.717) is 18.4 Å². The van der Waals surface area contributed by atoms with E-state index in [-0.39, 0.29) is 6.54 Å². The fourth-order valence-corrected chi connectivity index (χ4v) is 3.02. The van der Waals surface area contributed by atoms with Crippen LogP contribution in [-0.4, -0.2) is 32.2 Å². The van der Waals surface area contributed by atoms with Gasteiger partial charge in [-0.25, -0.2) is 21.5 Å². The van der Waals surface area contributed by atoms with Crippen molar-refractivity contribution in [1.29, 1.82) is 0 Å². The standard InChI is InChI=1S/C12H16ClF2NO2S/c1-16(8-4-2-3-7-13)19(17,18)12-6-5-10(14)9-11(12)15/h5-6,9H,2-4,7-8H2,1H3. The maximum Gasteiger partial charge on any atom is 0.245 e. The molecule has 1 rings (SSSR count). The van der Waals surface area contributed by atoms with Crippen molar-refractivity contribution in [1.82, 2.24) is 4.31 Å². The highest BCUT2D eigenvalue weighted by Crippen LogP contribution is 2.19. The molecule has 0 radical (unpaired) electrons. The van der Waals surface area contributed by atoms with Gasteiger partial charge >= 0.3 is 0 Å². The Kier molecular flexibility index (Phi) is 6.16. The van der Waals surface area contributed by atoms with Gasteiger partial charge < -0.3 is 0 Å². The van der Waals surface area contributed by atoms with Crippen LogP contribution in [0.15, 0.2) is 23.1 Å². The van der Waals surface area contributed by atoms with E-state index in [1.54, 1.807) is 0 Å². The summed E-state index contributed by atoms with van der Waals surface area (Å²) in [4.78, 5) is -0.506. The Morgan fingerprint density at radius 1 is 1.21 bits per heavy atom. The quantitative estimate of drug-likeness (QED) is 0.573. The highest BCUT2D eigenvalue weighted by molar-refractivity contribution is 7.89. The molecule has 108 valence electrons. The Morgan fingerprint density at radius 3 is 2.47 bits per heavy atom. The molecule has 0 aliphatic rings. The fraction of sp³-hybridized carbons (Fsp3) is 0.500. The molecule has 0 saturated carbocycles. The summed E-state index contributed by atoms with van der Waals surface area (Å²) >= 11 is 5.52. The SMILES string of the molecule is CN(CCCCCCl)S(=O)(=O)c1ccc(F)cc1F. The molecule has 0 amide bonds. The summed E-state index contributed by atoms with van der Waals surface area (Å²) in [6.45, 7) is 0.274. The van der Waals surface area contributed by atoms with Crippen LogP contribution in [0, 0.1) is 11.6 Å². The second kappa shape index (κ2) is 7.17. The largest absolute Gasteiger partial charge is 0.245 e. The second-order valence-corrected chi connectivity index (χ2v) is 6.54. The third-order valence-electron chi connectivity index (χ3n) is 2.69. The highest BCUT2D eigenvalue weighted by Gasteiger charge is 2.24. The summed E-state index contributed by atoms with van der Waals surface area (Å²) in [5, 5.41) is 0. The Hall–Kier alpha value is -0.720. The molecule has 0 atom stereocenters. The molecule has 1 aromatic rings. The van der Waals surface area contributed by atoms with Gasteiger partial charge in [0.1, 0.15) is 16.5 Å². The molecule has 0 fully saturated rings.